The van der Waals surface area contributed by atoms with Crippen molar-refractivity contribution in [1.82, 2.24) is 4.90 Å². The molecule has 0 spiro atoms. The molecule has 6 nitrogen and oxygen atoms in total. The minimum absolute atomic E-state index is 0.0579. The Bertz CT molecular complexity index is 404. The van der Waals surface area contributed by atoms with Crippen molar-refractivity contribution in [2.45, 2.75) is 38.8 Å². The van der Waals surface area contributed by atoms with Gasteiger partial charge in [-0.15, -0.1) is 0 Å². The summed E-state index contributed by atoms with van der Waals surface area (Å²) in [5, 5.41) is 0. The Balaban J connectivity index is 2.03. The number of amides is 1. The van der Waals surface area contributed by atoms with Crippen LogP contribution in [0.25, 0.3) is 0 Å². The molecule has 3 aliphatic rings. The zero-order valence-electron chi connectivity index (χ0n) is 12.6. The summed E-state index contributed by atoms with van der Waals surface area (Å²) in [6.07, 6.45) is 0.630. The highest BCUT2D eigenvalue weighted by molar-refractivity contribution is 5.74. The van der Waals surface area contributed by atoms with Gasteiger partial charge < -0.3 is 20.1 Å². The van der Waals surface area contributed by atoms with Crippen LogP contribution in [0.1, 0.15) is 27.2 Å². The van der Waals surface area contributed by atoms with E-state index in [2.05, 4.69) is 0 Å². The Hall–Kier alpha value is -1.30. The first-order valence-corrected chi connectivity index (χ1v) is 7.06. The number of esters is 1. The summed E-state index contributed by atoms with van der Waals surface area (Å²) < 4.78 is 10.2. The number of carbonyl (C=O) groups is 2. The molecule has 1 saturated carbocycles. The lowest BCUT2D eigenvalue weighted by Crippen LogP contribution is -2.49. The number of ether oxygens (including phenoxy) is 2. The summed E-state index contributed by atoms with van der Waals surface area (Å²) in [5.74, 6) is -0.158. The Morgan fingerprint density at radius 2 is 2.05 bits per heavy atom. The Kier molecular flexibility index (Phi) is 3.95. The van der Waals surface area contributed by atoms with Crippen molar-refractivity contribution in [3.63, 3.8) is 0 Å². The van der Waals surface area contributed by atoms with Gasteiger partial charge in [0.25, 0.3) is 0 Å². The zero-order chi connectivity index (χ0) is 15.1. The van der Waals surface area contributed by atoms with Crippen LogP contribution in [0.3, 0.4) is 0 Å². The molecule has 1 aliphatic carbocycles. The Labute approximate surface area is 119 Å². The molecule has 20 heavy (non-hydrogen) atoms. The van der Waals surface area contributed by atoms with E-state index in [-0.39, 0.29) is 36.5 Å². The lowest BCUT2D eigenvalue weighted by molar-refractivity contribution is -0.149. The molecule has 0 aromatic rings. The average Bonchev–Trinajstić information content (AvgIpc) is 2.91. The first-order valence-electron chi connectivity index (χ1n) is 7.06. The van der Waals surface area contributed by atoms with Gasteiger partial charge in [-0.3, -0.25) is 4.79 Å². The number of fused-ring (bicyclic) bond motifs is 1. The molecule has 2 unspecified atom stereocenters. The number of nitrogens with zero attached hydrogens (tertiary/aromatic N) is 1. The van der Waals surface area contributed by atoms with Crippen LogP contribution < -0.4 is 5.73 Å². The van der Waals surface area contributed by atoms with E-state index in [1.54, 1.807) is 4.90 Å². The van der Waals surface area contributed by atoms with Gasteiger partial charge in [0, 0.05) is 19.1 Å². The van der Waals surface area contributed by atoms with Gasteiger partial charge in [-0.2, -0.15) is 0 Å². The van der Waals surface area contributed by atoms with Gasteiger partial charge in [-0.1, -0.05) is 0 Å². The van der Waals surface area contributed by atoms with Crippen LogP contribution >= 0.6 is 0 Å². The molecule has 0 radical (unpaired) electrons. The van der Waals surface area contributed by atoms with Crippen LogP contribution in [-0.2, 0) is 14.3 Å². The molecule has 3 rings (SSSR count). The number of nitrogens with two attached hydrogens (primary N) is 1. The van der Waals surface area contributed by atoms with Crippen molar-refractivity contribution in [1.29, 1.82) is 0 Å². The van der Waals surface area contributed by atoms with E-state index in [0.29, 0.717) is 12.5 Å². The van der Waals surface area contributed by atoms with Gasteiger partial charge in [0.05, 0.1) is 13.0 Å². The maximum Gasteiger partial charge on any atom is 0.410 e. The van der Waals surface area contributed by atoms with Crippen molar-refractivity contribution in [2.24, 2.45) is 23.5 Å². The second kappa shape index (κ2) is 5.24. The van der Waals surface area contributed by atoms with E-state index >= 15 is 0 Å². The van der Waals surface area contributed by atoms with E-state index in [0.717, 1.165) is 6.42 Å². The third-order valence-electron chi connectivity index (χ3n) is 4.21. The molecule has 6 heteroatoms. The first-order chi connectivity index (χ1) is 9.28. The lowest BCUT2D eigenvalue weighted by atomic mass is 9.67. The topological polar surface area (TPSA) is 81.9 Å². The van der Waals surface area contributed by atoms with Crippen LogP contribution in [0.2, 0.25) is 0 Å². The maximum absolute atomic E-state index is 12.2. The number of hydrogen-bond donors (Lipinski definition) is 1. The number of rotatable bonds is 3. The largest absolute Gasteiger partial charge is 0.469 e. The fourth-order valence-electron chi connectivity index (χ4n) is 3.35. The van der Waals surface area contributed by atoms with E-state index in [1.165, 1.54) is 7.11 Å². The molecule has 0 aromatic carbocycles. The van der Waals surface area contributed by atoms with Gasteiger partial charge in [0.1, 0.15) is 5.60 Å². The molecular weight excluding hydrogens is 260 g/mol. The highest BCUT2D eigenvalue weighted by atomic mass is 16.6. The summed E-state index contributed by atoms with van der Waals surface area (Å²) >= 11 is 0. The predicted molar refractivity (Wildman–Crippen MR) is 72.9 cm³/mol. The molecule has 2 saturated heterocycles. The minimum atomic E-state index is -0.505. The minimum Gasteiger partial charge on any atom is -0.469 e. The monoisotopic (exact) mass is 284 g/mol. The summed E-state index contributed by atoms with van der Waals surface area (Å²) in [4.78, 5) is 25.7. The van der Waals surface area contributed by atoms with E-state index in [1.807, 2.05) is 20.8 Å². The van der Waals surface area contributed by atoms with E-state index < -0.39 is 5.60 Å². The van der Waals surface area contributed by atoms with Gasteiger partial charge in [0.2, 0.25) is 0 Å². The fraction of sp³-hybridized carbons (Fsp3) is 0.857. The quantitative estimate of drug-likeness (QED) is 0.782. The first kappa shape index (κ1) is 15.1. The molecule has 1 amide bonds. The van der Waals surface area contributed by atoms with Crippen molar-refractivity contribution < 1.29 is 19.1 Å². The second-order valence-corrected chi connectivity index (χ2v) is 6.64. The maximum atomic E-state index is 12.2. The third-order valence-corrected chi connectivity index (χ3v) is 4.21. The van der Waals surface area contributed by atoms with Gasteiger partial charge in [-0.25, -0.2) is 4.79 Å². The molecule has 2 N–H and O–H groups in total. The van der Waals surface area contributed by atoms with Crippen molar-refractivity contribution in [2.75, 3.05) is 20.2 Å². The predicted octanol–water partition coefficient (Wildman–Crippen LogP) is 0.990. The number of carbonyl (C=O) groups excluding carboxylic acids is 2. The molecular formula is C14H24N2O4. The van der Waals surface area contributed by atoms with Gasteiger partial charge in [-0.05, 0) is 39.0 Å². The van der Waals surface area contributed by atoms with Crippen molar-refractivity contribution in [3.8, 4) is 0 Å². The lowest BCUT2D eigenvalue weighted by Gasteiger charge is -2.40. The number of hydrogen-bond acceptors (Lipinski definition) is 5. The standard InChI is InChI=1S/C14H24N2O4/c1-14(2,3)20-13(18)16-7-8-5-10(16)11(8)9(6-15)12(17)19-4/h8-11H,5-7,15H2,1-4H3/t8-,9?,10-,11?/m0/s1. The van der Waals surface area contributed by atoms with Crippen LogP contribution in [0, 0.1) is 17.8 Å². The highest BCUT2D eigenvalue weighted by Crippen LogP contribution is 2.50. The van der Waals surface area contributed by atoms with Crippen molar-refractivity contribution >= 4 is 12.1 Å². The SMILES string of the molecule is COC(=O)C(CN)C1[C@H]2C[C@@H]1N(C(=O)OC(C)(C)C)C2. The molecule has 4 atom stereocenters. The zero-order valence-corrected chi connectivity index (χ0v) is 12.6. The normalized spacial score (nSPS) is 29.6. The van der Waals surface area contributed by atoms with Crippen LogP contribution in [-0.4, -0.2) is 48.8 Å². The van der Waals surface area contributed by atoms with E-state index in [9.17, 15) is 9.59 Å². The van der Waals surface area contributed by atoms with Crippen LogP contribution in [0.15, 0.2) is 0 Å². The average molecular weight is 284 g/mol. The van der Waals surface area contributed by atoms with Crippen LogP contribution in [0.4, 0.5) is 4.79 Å². The summed E-state index contributed by atoms with van der Waals surface area (Å²) in [7, 11) is 1.37. The van der Waals surface area contributed by atoms with Gasteiger partial charge in [0.15, 0.2) is 0 Å². The van der Waals surface area contributed by atoms with E-state index in [4.69, 9.17) is 15.2 Å². The fourth-order valence-corrected chi connectivity index (χ4v) is 3.35. The summed E-state index contributed by atoms with van der Waals surface area (Å²) in [6, 6.07) is 0.0579. The molecule has 2 bridgehead atoms. The van der Waals surface area contributed by atoms with Crippen molar-refractivity contribution in [3.05, 3.63) is 0 Å². The molecule has 2 heterocycles. The smallest absolute Gasteiger partial charge is 0.410 e. The Morgan fingerprint density at radius 3 is 2.55 bits per heavy atom. The number of methoxy groups -OCH3 is 1. The molecule has 0 aromatic heterocycles. The summed E-state index contributed by atoms with van der Waals surface area (Å²) in [6.45, 7) is 6.45. The van der Waals surface area contributed by atoms with Crippen LogP contribution in [0.5, 0.6) is 0 Å². The second-order valence-electron chi connectivity index (χ2n) is 6.64. The summed E-state index contributed by atoms with van der Waals surface area (Å²) in [5.41, 5.74) is 5.19. The molecule has 3 fully saturated rings. The molecule has 114 valence electrons. The third kappa shape index (κ3) is 2.61. The van der Waals surface area contributed by atoms with Gasteiger partial charge >= 0.3 is 12.1 Å². The Morgan fingerprint density at radius 1 is 1.40 bits per heavy atom. The molecule has 2 aliphatic heterocycles. The highest BCUT2D eigenvalue weighted by Gasteiger charge is 2.58.